The number of halogens is 2. The van der Waals surface area contributed by atoms with Crippen LogP contribution in [0.1, 0.15) is 72.5 Å². The van der Waals surface area contributed by atoms with Crippen molar-refractivity contribution in [1.82, 2.24) is 13.9 Å². The first-order valence-electron chi connectivity index (χ1n) is 18.0. The molecule has 2 aromatic carbocycles. The fourth-order valence-corrected chi connectivity index (χ4v) is 9.16. The van der Waals surface area contributed by atoms with Gasteiger partial charge in [-0.15, -0.1) is 24.8 Å². The molecule has 12 nitrogen and oxygen atoms in total. The Hall–Kier alpha value is -4.04. The maximum atomic E-state index is 12.6. The van der Waals surface area contributed by atoms with Gasteiger partial charge >= 0.3 is 5.97 Å². The second-order valence-corrected chi connectivity index (χ2v) is 16.0. The van der Waals surface area contributed by atoms with Crippen LogP contribution in [0.2, 0.25) is 0 Å². The van der Waals surface area contributed by atoms with Gasteiger partial charge in [0, 0.05) is 73.1 Å². The van der Waals surface area contributed by atoms with Crippen molar-refractivity contribution in [3.05, 3.63) is 65.4 Å². The number of pyridine rings is 1. The minimum atomic E-state index is -3.27. The first-order valence-corrected chi connectivity index (χ1v) is 19.8. The number of piperazine rings is 1. The average molecular weight is 787 g/mol. The van der Waals surface area contributed by atoms with E-state index in [-0.39, 0.29) is 43.0 Å². The summed E-state index contributed by atoms with van der Waals surface area (Å²) in [5, 5.41) is 10.7. The van der Waals surface area contributed by atoms with Crippen LogP contribution in [0.5, 0.6) is 11.5 Å². The third-order valence-electron chi connectivity index (χ3n) is 10.9. The Labute approximate surface area is 321 Å². The van der Waals surface area contributed by atoms with Gasteiger partial charge in [-0.1, -0.05) is 19.3 Å². The Kier molecular flexibility index (Phi) is 11.5. The molecule has 0 unspecified atom stereocenters. The molecule has 3 fully saturated rings. The van der Waals surface area contributed by atoms with Gasteiger partial charge in [-0.25, -0.2) is 18.2 Å². The predicted molar refractivity (Wildman–Crippen MR) is 209 cm³/mol. The first-order chi connectivity index (χ1) is 24.7. The van der Waals surface area contributed by atoms with E-state index in [1.165, 1.54) is 22.5 Å². The molecule has 1 amide bonds. The number of anilines is 2. The molecule has 1 N–H and O–H groups in total. The smallest absolute Gasteiger partial charge is 0.354 e. The molecule has 1 aliphatic carbocycles. The van der Waals surface area contributed by atoms with Crippen LogP contribution in [0, 0.1) is 0 Å². The van der Waals surface area contributed by atoms with Crippen LogP contribution in [0.3, 0.4) is 0 Å². The zero-order chi connectivity index (χ0) is 35.3. The van der Waals surface area contributed by atoms with Crippen molar-refractivity contribution in [2.45, 2.75) is 64.0 Å². The van der Waals surface area contributed by atoms with E-state index < -0.39 is 16.0 Å². The van der Waals surface area contributed by atoms with E-state index in [9.17, 15) is 23.1 Å². The van der Waals surface area contributed by atoms with Crippen molar-refractivity contribution in [2.75, 3.05) is 55.4 Å². The van der Waals surface area contributed by atoms with E-state index in [4.69, 9.17) is 9.47 Å². The lowest BCUT2D eigenvalue weighted by atomic mass is 9.82. The molecule has 15 heteroatoms. The highest BCUT2D eigenvalue weighted by Gasteiger charge is 2.31. The van der Waals surface area contributed by atoms with Crippen molar-refractivity contribution in [3.63, 3.8) is 0 Å². The molecule has 0 radical (unpaired) electrons. The molecule has 4 aliphatic rings. The average Bonchev–Trinajstić information content (AvgIpc) is 3.65. The number of rotatable bonds is 8. The second kappa shape index (κ2) is 15.7. The number of hydrogen-bond donors (Lipinski definition) is 1. The number of carboxylic acid groups (broad SMARTS) is 1. The summed E-state index contributed by atoms with van der Waals surface area (Å²) in [6.07, 6.45) is 8.32. The van der Waals surface area contributed by atoms with Gasteiger partial charge in [0.25, 0.3) is 0 Å². The topological polar surface area (TPSA) is 135 Å². The fourth-order valence-electron chi connectivity index (χ4n) is 8.34. The van der Waals surface area contributed by atoms with E-state index in [1.807, 2.05) is 47.4 Å². The van der Waals surface area contributed by atoms with Crippen molar-refractivity contribution in [1.29, 1.82) is 0 Å². The van der Waals surface area contributed by atoms with Gasteiger partial charge in [-0.2, -0.15) is 4.31 Å². The lowest BCUT2D eigenvalue weighted by Gasteiger charge is -2.36. The number of benzene rings is 2. The maximum Gasteiger partial charge on any atom is 0.354 e. The summed E-state index contributed by atoms with van der Waals surface area (Å²) in [6, 6.07) is 15.5. The number of carbonyl (C=O) groups is 2. The predicted octanol–water partition coefficient (Wildman–Crippen LogP) is 6.47. The van der Waals surface area contributed by atoms with Crippen LogP contribution in [0.4, 0.5) is 11.4 Å². The monoisotopic (exact) mass is 785 g/mol. The van der Waals surface area contributed by atoms with Gasteiger partial charge in [0.1, 0.15) is 30.4 Å². The molecule has 284 valence electrons. The van der Waals surface area contributed by atoms with E-state index >= 15 is 0 Å². The summed E-state index contributed by atoms with van der Waals surface area (Å²) < 4.78 is 40.8. The van der Waals surface area contributed by atoms with Crippen LogP contribution in [-0.2, 0) is 28.0 Å². The molecule has 0 bridgehead atoms. The largest absolute Gasteiger partial charge is 0.491 e. The number of aromatic nitrogens is 2. The molecule has 5 heterocycles. The molecule has 53 heavy (non-hydrogen) atoms. The number of nitrogens with zero attached hydrogens (tertiary/aromatic N) is 5. The third kappa shape index (κ3) is 7.53. The van der Waals surface area contributed by atoms with Crippen LogP contribution in [-0.4, -0.2) is 84.8 Å². The number of carboxylic acids is 1. The summed E-state index contributed by atoms with van der Waals surface area (Å²) in [7, 11) is -3.27. The first kappa shape index (κ1) is 38.7. The summed E-state index contributed by atoms with van der Waals surface area (Å²) in [5.74, 6) is 0.760. The molecule has 4 aromatic rings. The highest BCUT2D eigenvalue weighted by molar-refractivity contribution is 7.88. The number of carbonyl (C=O) groups excluding carboxylic acids is 1. The van der Waals surface area contributed by atoms with Crippen LogP contribution < -0.4 is 19.3 Å². The van der Waals surface area contributed by atoms with E-state index in [0.29, 0.717) is 75.4 Å². The zero-order valence-electron chi connectivity index (χ0n) is 29.7. The SMILES string of the molecule is CS(=O)(=O)N1CCN(c2ccc(N3CCCC3=O)cc2COc2ccc3c(c2)OCCn2c-3c(C3CCCCC3)c3ccc(C(=O)O)nc32)CC1.Cl.Cl. The molecule has 2 aromatic heterocycles. The van der Waals surface area contributed by atoms with Gasteiger partial charge in [-0.3, -0.25) is 4.79 Å². The lowest BCUT2D eigenvalue weighted by Crippen LogP contribution is -2.48. The highest BCUT2D eigenvalue weighted by Crippen LogP contribution is 2.47. The van der Waals surface area contributed by atoms with Crippen LogP contribution in [0.15, 0.2) is 48.5 Å². The van der Waals surface area contributed by atoms with E-state index in [2.05, 4.69) is 14.5 Å². The second-order valence-electron chi connectivity index (χ2n) is 14.0. The summed E-state index contributed by atoms with van der Waals surface area (Å²) in [4.78, 5) is 33.2. The standard InChI is InChI=1S/C38H43N5O7S.2ClH/c1-51(47,48)41-18-16-40(17-19-41)32-14-9-27(42-15-5-8-34(42)44)22-26(32)24-50-28-10-11-29-33(23-28)49-21-20-43-36(29)35(25-6-3-2-4-7-25)30-12-13-31(38(45)46)39-37(30)43;;/h9-14,22-23,25H,2-8,15-21,24H2,1H3,(H,45,46);2*1H. The number of ether oxygens (including phenoxy) is 2. The molecule has 0 atom stereocenters. The van der Waals surface area contributed by atoms with E-state index in [1.54, 1.807) is 6.07 Å². The van der Waals surface area contributed by atoms with Gasteiger partial charge in [0.2, 0.25) is 15.9 Å². The number of amides is 1. The Balaban J connectivity index is 0.00000240. The van der Waals surface area contributed by atoms with Gasteiger partial charge < -0.3 is 28.9 Å². The lowest BCUT2D eigenvalue weighted by molar-refractivity contribution is -0.117. The molecule has 8 rings (SSSR count). The van der Waals surface area contributed by atoms with Crippen LogP contribution in [0.25, 0.3) is 22.3 Å². The summed E-state index contributed by atoms with van der Waals surface area (Å²) in [5.41, 5.74) is 6.63. The number of sulfonamides is 1. The van der Waals surface area contributed by atoms with Crippen molar-refractivity contribution in [3.8, 4) is 22.8 Å². The van der Waals surface area contributed by atoms with Crippen molar-refractivity contribution >= 4 is 69.1 Å². The Morgan fingerprint density at radius 3 is 2.42 bits per heavy atom. The number of fused-ring (bicyclic) bond motifs is 5. The molecule has 1 saturated carbocycles. The molecular weight excluding hydrogens is 741 g/mol. The Morgan fingerprint density at radius 1 is 0.943 bits per heavy atom. The normalized spacial score (nSPS) is 18.0. The molecule has 0 spiro atoms. The number of aromatic carboxylic acids is 1. The fraction of sp³-hybridized carbons (Fsp3) is 0.447. The minimum absolute atomic E-state index is 0. The van der Waals surface area contributed by atoms with Crippen molar-refractivity contribution in [2.24, 2.45) is 0 Å². The van der Waals surface area contributed by atoms with Gasteiger partial charge in [0.05, 0.1) is 18.5 Å². The van der Waals surface area contributed by atoms with Gasteiger partial charge in [-0.05, 0) is 73.2 Å². The zero-order valence-corrected chi connectivity index (χ0v) is 32.1. The quantitative estimate of drug-likeness (QED) is 0.213. The van der Waals surface area contributed by atoms with E-state index in [0.717, 1.165) is 65.7 Å². The van der Waals surface area contributed by atoms with Gasteiger partial charge in [0.15, 0.2) is 5.69 Å². The highest BCUT2D eigenvalue weighted by atomic mass is 35.5. The summed E-state index contributed by atoms with van der Waals surface area (Å²) in [6.45, 7) is 3.76. The Morgan fingerprint density at radius 2 is 1.72 bits per heavy atom. The van der Waals surface area contributed by atoms with Crippen LogP contribution >= 0.6 is 24.8 Å². The Bertz CT molecular complexity index is 2130. The summed E-state index contributed by atoms with van der Waals surface area (Å²) >= 11 is 0. The molecule has 2 saturated heterocycles. The molecular formula is C38H45Cl2N5O7S. The maximum absolute atomic E-state index is 12.6. The van der Waals surface area contributed by atoms with Crippen molar-refractivity contribution < 1.29 is 32.6 Å². The molecule has 3 aliphatic heterocycles. The number of hydrogen-bond acceptors (Lipinski definition) is 8. The third-order valence-corrected chi connectivity index (χ3v) is 12.2. The minimum Gasteiger partial charge on any atom is -0.491 e.